The first-order valence-corrected chi connectivity index (χ1v) is 10.9. The van der Waals surface area contributed by atoms with Gasteiger partial charge < -0.3 is 0 Å². The van der Waals surface area contributed by atoms with E-state index in [1.165, 1.54) is 4.31 Å². The maximum atomic E-state index is 12.5. The molecule has 1 amide bonds. The van der Waals surface area contributed by atoms with Crippen molar-refractivity contribution in [2.75, 3.05) is 19.0 Å². The lowest BCUT2D eigenvalue weighted by Gasteiger charge is -2.32. The molecule has 9 heteroatoms. The van der Waals surface area contributed by atoms with Crippen molar-refractivity contribution in [2.24, 2.45) is 5.92 Å². The van der Waals surface area contributed by atoms with Crippen LogP contribution in [0.25, 0.3) is 0 Å². The summed E-state index contributed by atoms with van der Waals surface area (Å²) in [5.74, 6) is -1.12. The van der Waals surface area contributed by atoms with E-state index in [9.17, 15) is 18.4 Å². The number of hydrogen-bond donors (Lipinski definition) is 1. The molecule has 0 bridgehead atoms. The third-order valence-electron chi connectivity index (χ3n) is 4.41. The van der Waals surface area contributed by atoms with E-state index in [2.05, 4.69) is 0 Å². The van der Waals surface area contributed by atoms with Crippen LogP contribution in [0.2, 0.25) is 10.0 Å². The van der Waals surface area contributed by atoms with Crippen LogP contribution in [-0.4, -0.2) is 47.9 Å². The van der Waals surface area contributed by atoms with Gasteiger partial charge in [-0.3, -0.25) is 10.0 Å². The molecule has 1 saturated heterocycles. The molecule has 0 spiro atoms. The fraction of sp³-hybridized carbons (Fsp3) is 0.588. The lowest BCUT2D eigenvalue weighted by Crippen LogP contribution is -2.44. The quantitative estimate of drug-likeness (QED) is 0.559. The third kappa shape index (κ3) is 5.57. The molecule has 6 nitrogen and oxygen atoms in total. The van der Waals surface area contributed by atoms with Crippen molar-refractivity contribution in [3.05, 3.63) is 33.8 Å². The molecule has 0 radical (unpaired) electrons. The molecular weight excluding hydrogens is 399 g/mol. The van der Waals surface area contributed by atoms with Gasteiger partial charge in [0.25, 0.3) is 0 Å². The predicted molar refractivity (Wildman–Crippen MR) is 102 cm³/mol. The number of nitrogens with zero attached hydrogens (tertiary/aromatic N) is 2. The maximum Gasteiger partial charge on any atom is 0.247 e. The summed E-state index contributed by atoms with van der Waals surface area (Å²) < 4.78 is 26.3. The van der Waals surface area contributed by atoms with Gasteiger partial charge in [-0.15, -0.1) is 0 Å². The summed E-state index contributed by atoms with van der Waals surface area (Å²) in [6.07, 6.45) is 1.33. The Morgan fingerprint density at radius 3 is 2.46 bits per heavy atom. The highest BCUT2D eigenvalue weighted by molar-refractivity contribution is 7.89. The van der Waals surface area contributed by atoms with Gasteiger partial charge in [-0.1, -0.05) is 43.1 Å². The number of hydroxylamine groups is 2. The number of halogens is 2. The number of piperidine rings is 1. The monoisotopic (exact) mass is 422 g/mol. The SMILES string of the molecule is CC(C)CC(=O)N(O)CS(=O)(=O)N1CCC(c2ccc(Cl)cc2Cl)CC1. The molecule has 1 fully saturated rings. The van der Waals surface area contributed by atoms with Gasteiger partial charge in [0, 0.05) is 29.6 Å². The second-order valence-corrected chi connectivity index (χ2v) is 9.75. The smallest absolute Gasteiger partial charge is 0.247 e. The van der Waals surface area contributed by atoms with Gasteiger partial charge in [0.2, 0.25) is 15.9 Å². The zero-order chi connectivity index (χ0) is 19.5. The van der Waals surface area contributed by atoms with Crippen molar-refractivity contribution >= 4 is 39.1 Å². The first kappa shape index (κ1) is 21.4. The van der Waals surface area contributed by atoms with Gasteiger partial charge >= 0.3 is 0 Å². The fourth-order valence-corrected chi connectivity index (χ4v) is 4.99. The van der Waals surface area contributed by atoms with Crippen LogP contribution < -0.4 is 0 Å². The molecule has 1 aliphatic rings. The Kier molecular flexibility index (Phi) is 7.33. The Labute approximate surface area is 164 Å². The Hall–Kier alpha value is -0.860. The van der Waals surface area contributed by atoms with E-state index in [0.29, 0.717) is 41.0 Å². The summed E-state index contributed by atoms with van der Waals surface area (Å²) in [5, 5.41) is 11.2. The minimum absolute atomic E-state index is 0.0414. The number of carbonyl (C=O) groups excluding carboxylic acids is 1. The summed E-state index contributed by atoms with van der Waals surface area (Å²) in [6, 6.07) is 5.33. The number of sulfonamides is 1. The molecule has 2 rings (SSSR count). The number of hydrogen-bond acceptors (Lipinski definition) is 4. The second kappa shape index (κ2) is 8.89. The molecule has 0 unspecified atom stereocenters. The molecule has 1 N–H and O–H groups in total. The lowest BCUT2D eigenvalue weighted by atomic mass is 9.90. The van der Waals surface area contributed by atoms with E-state index in [4.69, 9.17) is 23.2 Å². The van der Waals surface area contributed by atoms with Crippen molar-refractivity contribution < 1.29 is 18.4 Å². The second-order valence-electron chi connectivity index (χ2n) is 6.97. The van der Waals surface area contributed by atoms with Gasteiger partial charge in [-0.2, -0.15) is 0 Å². The molecule has 1 aromatic rings. The van der Waals surface area contributed by atoms with Crippen LogP contribution in [0.3, 0.4) is 0 Å². The highest BCUT2D eigenvalue weighted by atomic mass is 35.5. The third-order valence-corrected chi connectivity index (χ3v) is 6.69. The number of amides is 1. The standard InChI is InChI=1S/C17H24Cl2N2O4S/c1-12(2)9-17(22)21(23)11-26(24,25)20-7-5-13(6-8-20)15-4-3-14(18)10-16(15)19/h3-4,10,12-13,23H,5-9,11H2,1-2H3. The topological polar surface area (TPSA) is 77.9 Å². The normalized spacial score (nSPS) is 16.8. The highest BCUT2D eigenvalue weighted by Gasteiger charge is 2.31. The lowest BCUT2D eigenvalue weighted by molar-refractivity contribution is -0.162. The minimum Gasteiger partial charge on any atom is -0.285 e. The minimum atomic E-state index is -3.75. The van der Waals surface area contributed by atoms with E-state index in [-0.39, 0.29) is 18.3 Å². The maximum absolute atomic E-state index is 12.5. The molecule has 0 aromatic heterocycles. The van der Waals surface area contributed by atoms with E-state index < -0.39 is 21.8 Å². The first-order valence-electron chi connectivity index (χ1n) is 8.52. The van der Waals surface area contributed by atoms with Crippen LogP contribution in [0.1, 0.15) is 44.6 Å². The number of benzene rings is 1. The fourth-order valence-electron chi connectivity index (χ4n) is 3.04. The van der Waals surface area contributed by atoms with Crippen molar-refractivity contribution in [3.8, 4) is 0 Å². The molecule has 1 aromatic carbocycles. The zero-order valence-corrected chi connectivity index (χ0v) is 17.2. The van der Waals surface area contributed by atoms with E-state index in [1.54, 1.807) is 12.1 Å². The number of rotatable bonds is 6. The summed E-state index contributed by atoms with van der Waals surface area (Å²) in [7, 11) is -3.75. The van der Waals surface area contributed by atoms with Crippen molar-refractivity contribution in [1.82, 2.24) is 9.37 Å². The predicted octanol–water partition coefficient (Wildman–Crippen LogP) is 3.72. The molecule has 26 heavy (non-hydrogen) atoms. The van der Waals surface area contributed by atoms with Crippen molar-refractivity contribution in [2.45, 2.75) is 39.0 Å². The summed E-state index contributed by atoms with van der Waals surface area (Å²) >= 11 is 12.2. The molecule has 0 aliphatic carbocycles. The van der Waals surface area contributed by atoms with Crippen LogP contribution in [-0.2, 0) is 14.8 Å². The molecule has 0 atom stereocenters. The Morgan fingerprint density at radius 2 is 1.92 bits per heavy atom. The summed E-state index contributed by atoms with van der Waals surface area (Å²) in [5.41, 5.74) is 0.962. The van der Waals surface area contributed by atoms with Gasteiger partial charge in [-0.25, -0.2) is 17.8 Å². The molecule has 0 saturated carbocycles. The van der Waals surface area contributed by atoms with E-state index in [1.807, 2.05) is 19.9 Å². The van der Waals surface area contributed by atoms with Crippen LogP contribution >= 0.6 is 23.2 Å². The molecule has 1 aliphatic heterocycles. The van der Waals surface area contributed by atoms with Crippen molar-refractivity contribution in [3.63, 3.8) is 0 Å². The first-order chi connectivity index (χ1) is 12.1. The van der Waals surface area contributed by atoms with Gasteiger partial charge in [-0.05, 0) is 42.4 Å². The van der Waals surface area contributed by atoms with Gasteiger partial charge in [0.1, 0.15) is 0 Å². The Balaban J connectivity index is 1.96. The van der Waals surface area contributed by atoms with E-state index in [0.717, 1.165) is 5.56 Å². The Bertz CT molecular complexity index is 747. The largest absolute Gasteiger partial charge is 0.285 e. The molecule has 1 heterocycles. The average Bonchev–Trinajstić information content (AvgIpc) is 2.54. The van der Waals surface area contributed by atoms with Crippen LogP contribution in [0.15, 0.2) is 18.2 Å². The number of carbonyl (C=O) groups is 1. The molecule has 146 valence electrons. The average molecular weight is 423 g/mol. The van der Waals surface area contributed by atoms with Crippen LogP contribution in [0.5, 0.6) is 0 Å². The molecular formula is C17H24Cl2N2O4S. The summed E-state index contributed by atoms with van der Waals surface area (Å²) in [6.45, 7) is 4.29. The summed E-state index contributed by atoms with van der Waals surface area (Å²) in [4.78, 5) is 11.8. The van der Waals surface area contributed by atoms with Crippen molar-refractivity contribution in [1.29, 1.82) is 0 Å². The van der Waals surface area contributed by atoms with Crippen LogP contribution in [0, 0.1) is 5.92 Å². The Morgan fingerprint density at radius 1 is 1.31 bits per heavy atom. The highest BCUT2D eigenvalue weighted by Crippen LogP contribution is 2.34. The van der Waals surface area contributed by atoms with Gasteiger partial charge in [0.15, 0.2) is 5.88 Å². The zero-order valence-electron chi connectivity index (χ0n) is 14.9. The van der Waals surface area contributed by atoms with Crippen LogP contribution in [0.4, 0.5) is 0 Å². The van der Waals surface area contributed by atoms with Gasteiger partial charge in [0.05, 0.1) is 0 Å². The van der Waals surface area contributed by atoms with E-state index >= 15 is 0 Å².